The molecule has 0 radical (unpaired) electrons. The highest BCUT2D eigenvalue weighted by Gasteiger charge is 2.19. The Kier molecular flexibility index (Phi) is 8.85. The van der Waals surface area contributed by atoms with E-state index in [9.17, 15) is 14.4 Å². The van der Waals surface area contributed by atoms with Gasteiger partial charge in [0.25, 0.3) is 0 Å². The van der Waals surface area contributed by atoms with Crippen molar-refractivity contribution in [1.29, 1.82) is 0 Å². The molecule has 24 heavy (non-hydrogen) atoms. The molecule has 0 heterocycles. The maximum absolute atomic E-state index is 12.1. The van der Waals surface area contributed by atoms with E-state index in [1.807, 2.05) is 6.92 Å². The van der Waals surface area contributed by atoms with Crippen LogP contribution in [0.1, 0.15) is 26.7 Å². The average molecular weight is 400 g/mol. The van der Waals surface area contributed by atoms with Crippen molar-refractivity contribution in [2.24, 2.45) is 0 Å². The Morgan fingerprint density at radius 3 is 2.46 bits per heavy atom. The zero-order valence-corrected chi connectivity index (χ0v) is 15.3. The van der Waals surface area contributed by atoms with Crippen LogP contribution >= 0.6 is 15.9 Å². The quantitative estimate of drug-likeness (QED) is 0.461. The molecule has 8 heteroatoms. The van der Waals surface area contributed by atoms with Gasteiger partial charge < -0.3 is 20.7 Å². The van der Waals surface area contributed by atoms with Crippen LogP contribution in [0.4, 0.5) is 10.5 Å². The fourth-order valence-corrected chi connectivity index (χ4v) is 2.17. The third-order valence-corrected chi connectivity index (χ3v) is 3.54. The molecule has 0 saturated heterocycles. The third-order valence-electron chi connectivity index (χ3n) is 3.01. The lowest BCUT2D eigenvalue weighted by Gasteiger charge is -2.18. The molecule has 0 aliphatic heterocycles. The van der Waals surface area contributed by atoms with Crippen molar-refractivity contribution in [2.75, 3.05) is 18.5 Å². The molecule has 0 aromatic heterocycles. The number of hydrogen-bond acceptors (Lipinski definition) is 4. The van der Waals surface area contributed by atoms with Gasteiger partial charge in [0.05, 0.1) is 6.54 Å². The fourth-order valence-electron chi connectivity index (χ4n) is 1.91. The Labute approximate surface area is 149 Å². The van der Waals surface area contributed by atoms with Gasteiger partial charge in [0, 0.05) is 17.1 Å². The molecule has 3 amide bonds. The van der Waals surface area contributed by atoms with Gasteiger partial charge in [-0.15, -0.1) is 0 Å². The van der Waals surface area contributed by atoms with Crippen molar-refractivity contribution in [3.63, 3.8) is 0 Å². The maximum atomic E-state index is 12.1. The van der Waals surface area contributed by atoms with E-state index in [4.69, 9.17) is 4.74 Å². The van der Waals surface area contributed by atoms with Crippen molar-refractivity contribution in [2.45, 2.75) is 32.7 Å². The molecule has 3 N–H and O–H groups in total. The fraction of sp³-hybridized carbons (Fsp3) is 0.438. The molecule has 0 bridgehead atoms. The molecular weight excluding hydrogens is 378 g/mol. The number of ether oxygens (including phenoxy) is 1. The number of esters is 1. The molecule has 0 saturated carbocycles. The molecule has 0 aliphatic carbocycles. The molecule has 1 aromatic rings. The summed E-state index contributed by atoms with van der Waals surface area (Å²) < 4.78 is 5.65. The second kappa shape index (κ2) is 10.6. The number of nitrogens with one attached hydrogen (secondary N) is 3. The summed E-state index contributed by atoms with van der Waals surface area (Å²) in [7, 11) is 0. The topological polar surface area (TPSA) is 96.5 Å². The predicted octanol–water partition coefficient (Wildman–Crippen LogP) is 2.42. The highest BCUT2D eigenvalue weighted by molar-refractivity contribution is 9.10. The minimum Gasteiger partial charge on any atom is -0.464 e. The van der Waals surface area contributed by atoms with Crippen molar-refractivity contribution < 1.29 is 19.1 Å². The zero-order chi connectivity index (χ0) is 17.9. The third kappa shape index (κ3) is 7.96. The van der Waals surface area contributed by atoms with E-state index in [0.717, 1.165) is 10.9 Å². The highest BCUT2D eigenvalue weighted by Crippen LogP contribution is 2.14. The van der Waals surface area contributed by atoms with E-state index in [1.165, 1.54) is 6.92 Å². The molecule has 1 atom stereocenters. The second-order valence-electron chi connectivity index (χ2n) is 5.08. The van der Waals surface area contributed by atoms with Gasteiger partial charge >= 0.3 is 12.0 Å². The Morgan fingerprint density at radius 1 is 1.21 bits per heavy atom. The number of amides is 3. The van der Waals surface area contributed by atoms with Crippen LogP contribution in [-0.2, 0) is 14.3 Å². The van der Waals surface area contributed by atoms with E-state index >= 15 is 0 Å². The van der Waals surface area contributed by atoms with Gasteiger partial charge in [0.15, 0.2) is 0 Å². The minimum absolute atomic E-state index is 0.102. The molecule has 0 fully saturated rings. The summed E-state index contributed by atoms with van der Waals surface area (Å²) in [5.41, 5.74) is 0.626. The van der Waals surface area contributed by atoms with Crippen molar-refractivity contribution in [3.8, 4) is 0 Å². The first-order valence-electron chi connectivity index (χ1n) is 7.66. The van der Waals surface area contributed by atoms with E-state index in [2.05, 4.69) is 31.9 Å². The van der Waals surface area contributed by atoms with Crippen molar-refractivity contribution in [1.82, 2.24) is 10.6 Å². The Morgan fingerprint density at radius 2 is 1.88 bits per heavy atom. The summed E-state index contributed by atoms with van der Waals surface area (Å²) in [5, 5.41) is 7.96. The average Bonchev–Trinajstić information content (AvgIpc) is 2.53. The van der Waals surface area contributed by atoms with E-state index in [0.29, 0.717) is 12.1 Å². The molecule has 0 spiro atoms. The Bertz CT molecular complexity index is 563. The van der Waals surface area contributed by atoms with Crippen LogP contribution in [0.2, 0.25) is 0 Å². The summed E-state index contributed by atoms with van der Waals surface area (Å²) in [5.74, 6) is -0.712. The number of rotatable bonds is 8. The van der Waals surface area contributed by atoms with Crippen LogP contribution in [0, 0.1) is 0 Å². The summed E-state index contributed by atoms with van der Waals surface area (Å²) in [6.45, 7) is 3.53. The maximum Gasteiger partial charge on any atom is 0.319 e. The van der Waals surface area contributed by atoms with E-state index in [-0.39, 0.29) is 19.1 Å². The van der Waals surface area contributed by atoms with Crippen LogP contribution in [0.15, 0.2) is 28.7 Å². The SMILES string of the molecule is CCC[C@H](NC(=O)Nc1ccc(Br)cc1)C(=O)NCCOC(C)=O. The lowest BCUT2D eigenvalue weighted by molar-refractivity contribution is -0.141. The Hall–Kier alpha value is -2.09. The normalized spacial score (nSPS) is 11.3. The first-order chi connectivity index (χ1) is 11.4. The second-order valence-corrected chi connectivity index (χ2v) is 5.99. The molecular formula is C16H22BrN3O4. The molecule has 0 unspecified atom stereocenters. The molecule has 1 rings (SSSR count). The van der Waals surface area contributed by atoms with E-state index in [1.54, 1.807) is 24.3 Å². The zero-order valence-electron chi connectivity index (χ0n) is 13.7. The van der Waals surface area contributed by atoms with Crippen LogP contribution in [0.25, 0.3) is 0 Å². The Balaban J connectivity index is 2.48. The van der Waals surface area contributed by atoms with Gasteiger partial charge in [-0.05, 0) is 30.7 Å². The number of hydrogen-bond donors (Lipinski definition) is 3. The standard InChI is InChI=1S/C16H22BrN3O4/c1-3-4-14(15(22)18-9-10-24-11(2)21)20-16(23)19-13-7-5-12(17)6-8-13/h5-8,14H,3-4,9-10H2,1-2H3,(H,18,22)(H2,19,20,23)/t14-/m0/s1. The summed E-state index contributed by atoms with van der Waals surface area (Å²) in [6.07, 6.45) is 1.24. The van der Waals surface area contributed by atoms with Gasteiger partial charge in [-0.1, -0.05) is 29.3 Å². The highest BCUT2D eigenvalue weighted by atomic mass is 79.9. The number of carbonyl (C=O) groups excluding carboxylic acids is 3. The first-order valence-corrected chi connectivity index (χ1v) is 8.45. The van der Waals surface area contributed by atoms with Crippen molar-refractivity contribution in [3.05, 3.63) is 28.7 Å². The monoisotopic (exact) mass is 399 g/mol. The van der Waals surface area contributed by atoms with Crippen molar-refractivity contribution >= 4 is 39.5 Å². The molecule has 1 aromatic carbocycles. The largest absolute Gasteiger partial charge is 0.464 e. The number of carbonyl (C=O) groups is 3. The summed E-state index contributed by atoms with van der Waals surface area (Å²) >= 11 is 3.32. The van der Waals surface area contributed by atoms with Gasteiger partial charge in [0.1, 0.15) is 12.6 Å². The summed E-state index contributed by atoms with van der Waals surface area (Å²) in [4.78, 5) is 34.8. The smallest absolute Gasteiger partial charge is 0.319 e. The van der Waals surface area contributed by atoms with Gasteiger partial charge in [-0.25, -0.2) is 4.79 Å². The van der Waals surface area contributed by atoms with Gasteiger partial charge in [-0.2, -0.15) is 0 Å². The number of urea groups is 1. The summed E-state index contributed by atoms with van der Waals surface area (Å²) in [6, 6.07) is 6.01. The molecule has 132 valence electrons. The first kappa shape index (κ1) is 20.0. The lowest BCUT2D eigenvalue weighted by atomic mass is 10.1. The lowest BCUT2D eigenvalue weighted by Crippen LogP contribution is -2.48. The van der Waals surface area contributed by atoms with Crippen LogP contribution in [-0.4, -0.2) is 37.1 Å². The minimum atomic E-state index is -0.650. The van der Waals surface area contributed by atoms with Crippen LogP contribution in [0.3, 0.4) is 0 Å². The van der Waals surface area contributed by atoms with Crippen LogP contribution < -0.4 is 16.0 Å². The van der Waals surface area contributed by atoms with Gasteiger partial charge in [-0.3, -0.25) is 9.59 Å². The molecule has 7 nitrogen and oxygen atoms in total. The predicted molar refractivity (Wildman–Crippen MR) is 94.6 cm³/mol. The number of anilines is 1. The number of benzene rings is 1. The molecule has 0 aliphatic rings. The van der Waals surface area contributed by atoms with Crippen LogP contribution in [0.5, 0.6) is 0 Å². The van der Waals surface area contributed by atoms with E-state index < -0.39 is 18.0 Å². The number of halogens is 1. The van der Waals surface area contributed by atoms with Gasteiger partial charge in [0.2, 0.25) is 5.91 Å².